The molecule has 1 aromatic rings. The van der Waals surface area contributed by atoms with Crippen LogP contribution in [0, 0.1) is 0 Å². The van der Waals surface area contributed by atoms with Crippen LogP contribution in [0.1, 0.15) is 10.4 Å². The molecule has 19 heavy (non-hydrogen) atoms. The summed E-state index contributed by atoms with van der Waals surface area (Å²) in [6.07, 6.45) is 0. The lowest BCUT2D eigenvalue weighted by Gasteiger charge is -2.12. The highest BCUT2D eigenvalue weighted by atomic mass is 79.9. The van der Waals surface area contributed by atoms with E-state index in [0.717, 1.165) is 8.78 Å². The van der Waals surface area contributed by atoms with Gasteiger partial charge in [-0.3, -0.25) is 4.79 Å². The molecule has 0 atom stereocenters. The summed E-state index contributed by atoms with van der Waals surface area (Å²) in [6, 6.07) is 4.89. The second kappa shape index (κ2) is 6.36. The smallest absolute Gasteiger partial charge is 0.253 e. The van der Waals surface area contributed by atoms with E-state index in [4.69, 9.17) is 5.73 Å². The number of nitrogen functional groups attached to an aromatic ring is 1. The summed E-state index contributed by atoms with van der Waals surface area (Å²) in [7, 11) is -0.416. The molecule has 0 saturated heterocycles. The van der Waals surface area contributed by atoms with Crippen molar-refractivity contribution in [2.24, 2.45) is 0 Å². The lowest BCUT2D eigenvalue weighted by molar-refractivity contribution is 0.0957. The Morgan fingerprint density at radius 1 is 1.42 bits per heavy atom. The highest BCUT2D eigenvalue weighted by Crippen LogP contribution is 2.18. The molecule has 1 rings (SSSR count). The summed E-state index contributed by atoms with van der Waals surface area (Å²) in [5.74, 6) is -0.540. The van der Waals surface area contributed by atoms with Gasteiger partial charge in [0.1, 0.15) is 0 Å². The van der Waals surface area contributed by atoms with E-state index in [-0.39, 0.29) is 18.2 Å². The topological polar surface area (TPSA) is 92.5 Å². The van der Waals surface area contributed by atoms with Crippen LogP contribution >= 0.6 is 15.9 Å². The van der Waals surface area contributed by atoms with Crippen LogP contribution in [-0.4, -0.2) is 45.0 Å². The normalized spacial score (nSPS) is 11.6. The Morgan fingerprint density at radius 3 is 2.58 bits per heavy atom. The van der Waals surface area contributed by atoms with E-state index in [9.17, 15) is 13.2 Å². The fourth-order valence-corrected chi connectivity index (χ4v) is 2.42. The number of hydrogen-bond donors (Lipinski definition) is 2. The molecule has 0 fully saturated rings. The number of amides is 1. The van der Waals surface area contributed by atoms with E-state index in [1.54, 1.807) is 18.2 Å². The van der Waals surface area contributed by atoms with E-state index in [2.05, 4.69) is 21.2 Å². The van der Waals surface area contributed by atoms with Crippen molar-refractivity contribution in [3.05, 3.63) is 28.2 Å². The molecule has 0 bridgehead atoms. The molecule has 0 unspecified atom stereocenters. The Kier molecular flexibility index (Phi) is 5.33. The zero-order valence-electron chi connectivity index (χ0n) is 10.7. The first-order valence-corrected chi connectivity index (χ1v) is 7.87. The van der Waals surface area contributed by atoms with Crippen molar-refractivity contribution in [2.75, 3.05) is 32.1 Å². The van der Waals surface area contributed by atoms with Crippen LogP contribution in [0.4, 0.5) is 5.69 Å². The molecule has 0 radical (unpaired) electrons. The number of rotatable bonds is 5. The standard InChI is InChI=1S/C11H16BrN3O3S/c1-15(2)19(17,18)6-5-14-11(16)9-4-3-8(12)7-10(9)13/h3-4,7H,5-6,13H2,1-2H3,(H,14,16). The minimum absolute atomic E-state index is 0.0366. The Bertz CT molecular complexity index is 573. The number of sulfonamides is 1. The van der Waals surface area contributed by atoms with Crippen LogP contribution in [0.15, 0.2) is 22.7 Å². The van der Waals surface area contributed by atoms with Crippen LogP contribution in [0.5, 0.6) is 0 Å². The lowest BCUT2D eigenvalue weighted by atomic mass is 10.2. The predicted molar refractivity (Wildman–Crippen MR) is 78.4 cm³/mol. The maximum atomic E-state index is 11.8. The van der Waals surface area contributed by atoms with E-state index >= 15 is 0 Å². The largest absolute Gasteiger partial charge is 0.398 e. The van der Waals surface area contributed by atoms with Gasteiger partial charge >= 0.3 is 0 Å². The molecule has 0 aliphatic rings. The van der Waals surface area contributed by atoms with Crippen molar-refractivity contribution in [3.8, 4) is 0 Å². The number of carbonyl (C=O) groups is 1. The molecule has 0 aromatic heterocycles. The molecule has 0 saturated carbocycles. The fraction of sp³-hybridized carbons (Fsp3) is 0.364. The number of nitrogens with zero attached hydrogens (tertiary/aromatic N) is 1. The van der Waals surface area contributed by atoms with Crippen LogP contribution in [-0.2, 0) is 10.0 Å². The molecule has 0 heterocycles. The molecule has 106 valence electrons. The summed E-state index contributed by atoms with van der Waals surface area (Å²) in [5.41, 5.74) is 6.37. The fourth-order valence-electron chi connectivity index (χ4n) is 1.31. The Labute approximate surface area is 121 Å². The third-order valence-corrected chi connectivity index (χ3v) is 4.79. The van der Waals surface area contributed by atoms with Crippen molar-refractivity contribution in [3.63, 3.8) is 0 Å². The van der Waals surface area contributed by atoms with Crippen LogP contribution in [0.2, 0.25) is 0 Å². The predicted octanol–water partition coefficient (Wildman–Crippen LogP) is 0.653. The average molecular weight is 350 g/mol. The van der Waals surface area contributed by atoms with Crippen LogP contribution in [0.25, 0.3) is 0 Å². The molecule has 1 aromatic carbocycles. The summed E-state index contributed by atoms with van der Waals surface area (Å²) >= 11 is 3.24. The first kappa shape index (κ1) is 15.9. The van der Waals surface area contributed by atoms with Crippen molar-refractivity contribution in [1.82, 2.24) is 9.62 Å². The van der Waals surface area contributed by atoms with Crippen molar-refractivity contribution in [1.29, 1.82) is 0 Å². The molecule has 0 aliphatic heterocycles. The number of hydrogen-bond acceptors (Lipinski definition) is 4. The molecule has 3 N–H and O–H groups in total. The van der Waals surface area contributed by atoms with Crippen LogP contribution < -0.4 is 11.1 Å². The first-order valence-electron chi connectivity index (χ1n) is 5.47. The van der Waals surface area contributed by atoms with Gasteiger partial charge < -0.3 is 11.1 Å². The number of halogens is 1. The monoisotopic (exact) mass is 349 g/mol. The number of carbonyl (C=O) groups excluding carboxylic acids is 1. The molecule has 1 amide bonds. The van der Waals surface area contributed by atoms with E-state index in [1.807, 2.05) is 0 Å². The second-order valence-corrected chi connectivity index (χ2v) is 7.30. The van der Waals surface area contributed by atoms with Gasteiger partial charge in [0, 0.05) is 30.8 Å². The third kappa shape index (κ3) is 4.48. The maximum Gasteiger partial charge on any atom is 0.253 e. The van der Waals surface area contributed by atoms with Crippen molar-refractivity contribution >= 4 is 37.5 Å². The van der Waals surface area contributed by atoms with Gasteiger partial charge in [0.05, 0.1) is 11.3 Å². The summed E-state index contributed by atoms with van der Waals surface area (Å²) < 4.78 is 24.9. The van der Waals surface area contributed by atoms with Gasteiger partial charge in [0.15, 0.2) is 0 Å². The number of anilines is 1. The van der Waals surface area contributed by atoms with E-state index in [0.29, 0.717) is 11.3 Å². The highest BCUT2D eigenvalue weighted by Gasteiger charge is 2.15. The quantitative estimate of drug-likeness (QED) is 0.763. The molecule has 0 aliphatic carbocycles. The van der Waals surface area contributed by atoms with E-state index < -0.39 is 10.0 Å². The van der Waals surface area contributed by atoms with Gasteiger partial charge in [-0.05, 0) is 18.2 Å². The second-order valence-electron chi connectivity index (χ2n) is 4.09. The van der Waals surface area contributed by atoms with Crippen molar-refractivity contribution in [2.45, 2.75) is 0 Å². The molecular formula is C11H16BrN3O3S. The van der Waals surface area contributed by atoms with Gasteiger partial charge in [-0.1, -0.05) is 15.9 Å². The number of nitrogens with two attached hydrogens (primary N) is 1. The number of nitrogens with one attached hydrogen (secondary N) is 1. The summed E-state index contributed by atoms with van der Waals surface area (Å²) in [6.45, 7) is 0.0366. The van der Waals surface area contributed by atoms with Gasteiger partial charge in [-0.25, -0.2) is 12.7 Å². The number of benzene rings is 1. The highest BCUT2D eigenvalue weighted by molar-refractivity contribution is 9.10. The van der Waals surface area contributed by atoms with Gasteiger partial charge in [-0.15, -0.1) is 0 Å². The third-order valence-electron chi connectivity index (χ3n) is 2.46. The zero-order chi connectivity index (χ0) is 14.6. The van der Waals surface area contributed by atoms with Gasteiger partial charge in [0.2, 0.25) is 10.0 Å². The van der Waals surface area contributed by atoms with Crippen molar-refractivity contribution < 1.29 is 13.2 Å². The van der Waals surface area contributed by atoms with E-state index in [1.165, 1.54) is 14.1 Å². The molecular weight excluding hydrogens is 334 g/mol. The summed E-state index contributed by atoms with van der Waals surface area (Å²) in [4.78, 5) is 11.8. The maximum absolute atomic E-state index is 11.8. The van der Waals surface area contributed by atoms with Gasteiger partial charge in [0.25, 0.3) is 5.91 Å². The molecule has 8 heteroatoms. The minimum Gasteiger partial charge on any atom is -0.398 e. The lowest BCUT2D eigenvalue weighted by Crippen LogP contribution is -2.34. The zero-order valence-corrected chi connectivity index (χ0v) is 13.1. The first-order chi connectivity index (χ1) is 8.74. The Hall–Kier alpha value is -1.12. The molecule has 6 nitrogen and oxygen atoms in total. The molecule has 0 spiro atoms. The summed E-state index contributed by atoms with van der Waals surface area (Å²) in [5, 5.41) is 2.53. The Morgan fingerprint density at radius 2 is 2.05 bits per heavy atom. The SMILES string of the molecule is CN(C)S(=O)(=O)CCNC(=O)c1ccc(Br)cc1N. The minimum atomic E-state index is -3.31. The average Bonchev–Trinajstić information content (AvgIpc) is 2.28. The van der Waals surface area contributed by atoms with Gasteiger partial charge in [-0.2, -0.15) is 0 Å². The van der Waals surface area contributed by atoms with Crippen LogP contribution in [0.3, 0.4) is 0 Å². The Balaban J connectivity index is 2.62.